The molecule has 4 rings (SSSR count). The number of anilines is 2. The summed E-state index contributed by atoms with van der Waals surface area (Å²) in [5.41, 5.74) is 5.96. The van der Waals surface area contributed by atoms with E-state index >= 15 is 0 Å². The zero-order chi connectivity index (χ0) is 27.9. The number of nitrogens with two attached hydrogens (primary N) is 1. The van der Waals surface area contributed by atoms with Crippen molar-refractivity contribution < 1.29 is 27.5 Å². The highest BCUT2D eigenvalue weighted by atomic mass is 19.4. The molecule has 2 fully saturated rings. The number of aryl methyl sites for hydroxylation is 1. The first kappa shape index (κ1) is 29.4. The summed E-state index contributed by atoms with van der Waals surface area (Å²) < 4.78 is 51.5. The summed E-state index contributed by atoms with van der Waals surface area (Å²) in [5, 5.41) is 12.6. The van der Waals surface area contributed by atoms with Crippen molar-refractivity contribution in [2.45, 2.75) is 51.5 Å². The second-order valence-electron chi connectivity index (χ2n) is 9.81. The molecular weight excluding hydrogens is 504 g/mol. The summed E-state index contributed by atoms with van der Waals surface area (Å²) in [6.45, 7) is 7.48. The Labute approximate surface area is 220 Å². The number of aromatic hydroxyl groups is 1. The Kier molecular flexibility index (Phi) is 10.1. The van der Waals surface area contributed by atoms with E-state index in [-0.39, 0.29) is 29.7 Å². The van der Waals surface area contributed by atoms with Gasteiger partial charge in [0.25, 0.3) is 0 Å². The van der Waals surface area contributed by atoms with Crippen LogP contribution in [0.25, 0.3) is 0 Å². The van der Waals surface area contributed by atoms with E-state index in [2.05, 4.69) is 32.8 Å². The van der Waals surface area contributed by atoms with Crippen LogP contribution in [0.3, 0.4) is 0 Å². The van der Waals surface area contributed by atoms with E-state index in [1.165, 1.54) is 12.3 Å². The molecular formula is C26H36F4N6O2. The molecule has 2 aromatic rings. The van der Waals surface area contributed by atoms with Gasteiger partial charge in [-0.05, 0) is 51.4 Å². The highest BCUT2D eigenvalue weighted by Gasteiger charge is 2.33. The van der Waals surface area contributed by atoms with E-state index in [9.17, 15) is 22.7 Å². The fourth-order valence-electron chi connectivity index (χ4n) is 5.13. The summed E-state index contributed by atoms with van der Waals surface area (Å²) in [5.74, 6) is 0.122. The summed E-state index contributed by atoms with van der Waals surface area (Å²) in [6, 6.07) is 7.38. The second kappa shape index (κ2) is 13.1. The highest BCUT2D eigenvalue weighted by Crippen LogP contribution is 2.31. The third kappa shape index (κ3) is 8.19. The largest absolute Gasteiger partial charge is 0.504 e. The van der Waals surface area contributed by atoms with Crippen molar-refractivity contribution in [3.8, 4) is 5.75 Å². The van der Waals surface area contributed by atoms with E-state index in [0.29, 0.717) is 31.5 Å². The van der Waals surface area contributed by atoms with Crippen LogP contribution in [0.4, 0.5) is 29.1 Å². The molecule has 0 radical (unpaired) electrons. The van der Waals surface area contributed by atoms with E-state index in [1.54, 1.807) is 6.07 Å². The Hall–Kier alpha value is -3.12. The zero-order valence-electron chi connectivity index (χ0n) is 21.7. The molecule has 1 aromatic carbocycles. The van der Waals surface area contributed by atoms with Crippen LogP contribution in [-0.4, -0.2) is 83.8 Å². The number of piperidine rings is 1. The number of benzene rings is 1. The molecule has 12 heteroatoms. The molecule has 2 aliphatic rings. The smallest absolute Gasteiger partial charge is 0.405 e. The molecule has 210 valence electrons. The van der Waals surface area contributed by atoms with Gasteiger partial charge < -0.3 is 21.1 Å². The number of piperazine rings is 1. The van der Waals surface area contributed by atoms with Crippen LogP contribution < -0.4 is 16.0 Å². The Balaban J connectivity index is 0.00000127. The summed E-state index contributed by atoms with van der Waals surface area (Å²) in [6.07, 6.45) is -0.737. The van der Waals surface area contributed by atoms with Crippen molar-refractivity contribution in [1.82, 2.24) is 14.8 Å². The molecule has 0 bridgehead atoms. The third-order valence-electron chi connectivity index (χ3n) is 6.95. The molecule has 38 heavy (non-hydrogen) atoms. The zero-order valence-corrected chi connectivity index (χ0v) is 21.7. The number of likely N-dealkylation sites (tertiary alicyclic amines) is 1. The van der Waals surface area contributed by atoms with E-state index in [0.717, 1.165) is 43.6 Å². The molecule has 4 N–H and O–H groups in total. The van der Waals surface area contributed by atoms with Crippen LogP contribution >= 0.6 is 0 Å². The van der Waals surface area contributed by atoms with Gasteiger partial charge in [-0.15, -0.1) is 0 Å². The molecule has 1 atom stereocenters. The second-order valence-corrected chi connectivity index (χ2v) is 9.81. The van der Waals surface area contributed by atoms with Crippen LogP contribution in [-0.2, 0) is 11.3 Å². The molecule has 3 heterocycles. The van der Waals surface area contributed by atoms with Gasteiger partial charge in [0, 0.05) is 49.9 Å². The van der Waals surface area contributed by atoms with Crippen LogP contribution in [0.1, 0.15) is 30.9 Å². The minimum absolute atomic E-state index is 0.130. The summed E-state index contributed by atoms with van der Waals surface area (Å²) >= 11 is 0. The number of primary amides is 1. The molecule has 1 aromatic heterocycles. The number of rotatable bonds is 6. The van der Waals surface area contributed by atoms with Crippen molar-refractivity contribution in [2.75, 3.05) is 49.5 Å². The number of pyridine rings is 1. The van der Waals surface area contributed by atoms with Gasteiger partial charge in [0.1, 0.15) is 12.4 Å². The first-order valence-electron chi connectivity index (χ1n) is 12.6. The van der Waals surface area contributed by atoms with Crippen LogP contribution in [0, 0.1) is 12.7 Å². The number of carbonyl (C=O) groups is 1. The molecule has 8 nitrogen and oxygen atoms in total. The predicted octanol–water partition coefficient (Wildman–Crippen LogP) is 3.49. The maximum Gasteiger partial charge on any atom is 0.405 e. The molecule has 2 aliphatic heterocycles. The Morgan fingerprint density at radius 3 is 2.45 bits per heavy atom. The molecule has 1 unspecified atom stereocenters. The maximum absolute atomic E-state index is 14.2. The number of amides is 1. The van der Waals surface area contributed by atoms with Gasteiger partial charge in [-0.25, -0.2) is 9.37 Å². The third-order valence-corrected chi connectivity index (χ3v) is 6.95. The number of carbonyl (C=O) groups excluding carboxylic acids is 1. The van der Waals surface area contributed by atoms with Crippen molar-refractivity contribution >= 4 is 17.9 Å². The number of alkyl halides is 3. The topological polar surface area (TPSA) is 98.0 Å². The molecule has 1 amide bonds. The van der Waals surface area contributed by atoms with Gasteiger partial charge >= 0.3 is 6.18 Å². The van der Waals surface area contributed by atoms with Gasteiger partial charge in [-0.1, -0.05) is 12.1 Å². The lowest BCUT2D eigenvalue weighted by Crippen LogP contribution is -2.57. The minimum Gasteiger partial charge on any atom is -0.504 e. The molecule has 0 aliphatic carbocycles. The molecule has 0 saturated carbocycles. The number of aromatic nitrogens is 1. The van der Waals surface area contributed by atoms with Crippen molar-refractivity contribution in [2.24, 2.45) is 5.73 Å². The van der Waals surface area contributed by atoms with Crippen molar-refractivity contribution in [1.29, 1.82) is 0 Å². The van der Waals surface area contributed by atoms with Gasteiger partial charge in [-0.2, -0.15) is 13.2 Å². The van der Waals surface area contributed by atoms with Crippen LogP contribution in [0.15, 0.2) is 30.5 Å². The van der Waals surface area contributed by atoms with Crippen molar-refractivity contribution in [3.05, 3.63) is 47.4 Å². The Bertz CT molecular complexity index is 1060. The van der Waals surface area contributed by atoms with Crippen LogP contribution in [0.5, 0.6) is 5.75 Å². The number of hydrogen-bond donors (Lipinski definition) is 3. The summed E-state index contributed by atoms with van der Waals surface area (Å²) in [4.78, 5) is 19.6. The van der Waals surface area contributed by atoms with Gasteiger partial charge in [0.05, 0.1) is 11.9 Å². The number of hydrogen-bond acceptors (Lipinski definition) is 7. The monoisotopic (exact) mass is 540 g/mol. The predicted molar refractivity (Wildman–Crippen MR) is 139 cm³/mol. The Morgan fingerprint density at radius 1 is 1.18 bits per heavy atom. The normalized spacial score (nSPS) is 19.5. The quantitative estimate of drug-likeness (QED) is 0.381. The SMILES string of the molecule is Cc1ccc(CN2CCC(N3CCN(c4ncc(NCC(F)(F)F)cc4O)CC3C)CC2)c(F)c1.NC=O. The lowest BCUT2D eigenvalue weighted by molar-refractivity contribution is -0.115. The van der Waals surface area contributed by atoms with Gasteiger partial charge in [0.15, 0.2) is 11.6 Å². The average molecular weight is 541 g/mol. The maximum atomic E-state index is 14.2. The minimum atomic E-state index is -4.34. The number of nitrogens with one attached hydrogen (secondary N) is 1. The van der Waals surface area contributed by atoms with E-state index in [1.807, 2.05) is 24.0 Å². The van der Waals surface area contributed by atoms with Crippen molar-refractivity contribution in [3.63, 3.8) is 0 Å². The fourth-order valence-corrected chi connectivity index (χ4v) is 5.13. The lowest BCUT2D eigenvalue weighted by atomic mass is 9.99. The van der Waals surface area contributed by atoms with Crippen LogP contribution in [0.2, 0.25) is 0 Å². The average Bonchev–Trinajstić information content (AvgIpc) is 2.85. The lowest BCUT2D eigenvalue weighted by Gasteiger charge is -2.46. The first-order valence-corrected chi connectivity index (χ1v) is 12.6. The van der Waals surface area contributed by atoms with Gasteiger partial charge in [0.2, 0.25) is 6.41 Å². The summed E-state index contributed by atoms with van der Waals surface area (Å²) in [7, 11) is 0. The van der Waals surface area contributed by atoms with E-state index in [4.69, 9.17) is 4.79 Å². The fraction of sp³-hybridized carbons (Fsp3) is 0.538. The van der Waals surface area contributed by atoms with E-state index < -0.39 is 12.7 Å². The number of halogens is 4. The Morgan fingerprint density at radius 2 is 1.87 bits per heavy atom. The first-order chi connectivity index (χ1) is 18.0. The number of nitrogens with zero attached hydrogens (tertiary/aromatic N) is 4. The molecule has 0 spiro atoms. The van der Waals surface area contributed by atoms with Gasteiger partial charge in [-0.3, -0.25) is 14.6 Å². The standard InChI is InChI=1S/C25H33F4N5O.CH3NO/c1-17-3-4-19(22(26)11-17)15-32-7-5-21(6-8-32)34-10-9-33(14-18(34)2)24-23(35)12-20(13-30-24)31-16-25(27,28)29;2-1-3/h3-4,11-13,18,21,31,35H,5-10,14-16H2,1-2H3;1H,(H2,2,3). The molecule has 2 saturated heterocycles. The highest BCUT2D eigenvalue weighted by molar-refractivity contribution is 5.59.